The third-order valence-electron chi connectivity index (χ3n) is 2.63. The topological polar surface area (TPSA) is 32.7 Å². The van der Waals surface area contributed by atoms with Crippen LogP contribution in [0, 0.1) is 0 Å². The van der Waals surface area contributed by atoms with E-state index in [1.807, 2.05) is 29.6 Å². The Balaban J connectivity index is 1.96. The van der Waals surface area contributed by atoms with Gasteiger partial charge in [-0.05, 0) is 29.6 Å². The molecule has 90 valence electrons. The zero-order valence-corrected chi connectivity index (χ0v) is 10.9. The molecule has 0 fully saturated rings. The van der Waals surface area contributed by atoms with Crippen molar-refractivity contribution >= 4 is 40.2 Å². The van der Waals surface area contributed by atoms with Crippen LogP contribution in [-0.4, -0.2) is 11.6 Å². The number of halogens is 1. The van der Waals surface area contributed by atoms with Crippen molar-refractivity contribution in [3.63, 3.8) is 0 Å². The minimum Gasteiger partial charge on any atom is -0.272 e. The molecule has 0 N–H and O–H groups in total. The second-order valence-corrected chi connectivity index (χ2v) is 5.27. The number of nitrogens with zero attached hydrogens (tertiary/aromatic N) is 2. The number of hydrogen-bond acceptors (Lipinski definition) is 3. The van der Waals surface area contributed by atoms with E-state index in [2.05, 4.69) is 5.10 Å². The van der Waals surface area contributed by atoms with Crippen LogP contribution >= 0.6 is 22.9 Å². The lowest BCUT2D eigenvalue weighted by Crippen LogP contribution is -2.19. The number of anilines is 1. The van der Waals surface area contributed by atoms with Gasteiger partial charge in [-0.3, -0.25) is 4.79 Å². The SMILES string of the molecule is O=C1CC(c2cccs2)=NN1c1cccc(Cl)c1. The molecule has 0 saturated carbocycles. The van der Waals surface area contributed by atoms with E-state index in [4.69, 9.17) is 11.6 Å². The fourth-order valence-corrected chi connectivity index (χ4v) is 2.71. The highest BCUT2D eigenvalue weighted by Crippen LogP contribution is 2.26. The molecule has 0 radical (unpaired) electrons. The van der Waals surface area contributed by atoms with Gasteiger partial charge in [-0.15, -0.1) is 11.3 Å². The van der Waals surface area contributed by atoms with Crippen molar-refractivity contribution in [1.82, 2.24) is 0 Å². The highest BCUT2D eigenvalue weighted by atomic mass is 35.5. The van der Waals surface area contributed by atoms with E-state index >= 15 is 0 Å². The number of thiophene rings is 1. The van der Waals surface area contributed by atoms with Crippen LogP contribution < -0.4 is 5.01 Å². The van der Waals surface area contributed by atoms with Gasteiger partial charge in [0.2, 0.25) is 0 Å². The largest absolute Gasteiger partial charge is 0.272 e. The van der Waals surface area contributed by atoms with Crippen LogP contribution in [0.25, 0.3) is 0 Å². The molecule has 1 aliphatic rings. The van der Waals surface area contributed by atoms with Gasteiger partial charge in [-0.25, -0.2) is 5.01 Å². The van der Waals surface area contributed by atoms with Gasteiger partial charge in [0, 0.05) is 5.02 Å². The van der Waals surface area contributed by atoms with E-state index in [1.165, 1.54) is 5.01 Å². The predicted molar refractivity (Wildman–Crippen MR) is 74.4 cm³/mol. The standard InChI is InChI=1S/C13H9ClN2OS/c14-9-3-1-4-10(7-9)16-13(17)8-11(15-16)12-5-2-6-18-12/h1-7H,8H2. The van der Waals surface area contributed by atoms with E-state index in [0.29, 0.717) is 17.1 Å². The molecule has 0 atom stereocenters. The summed E-state index contributed by atoms with van der Waals surface area (Å²) in [5.74, 6) is -0.0272. The Morgan fingerprint density at radius 2 is 2.17 bits per heavy atom. The Hall–Kier alpha value is -1.65. The smallest absolute Gasteiger partial charge is 0.253 e. The van der Waals surface area contributed by atoms with E-state index in [1.54, 1.807) is 23.5 Å². The molecule has 0 spiro atoms. The highest BCUT2D eigenvalue weighted by Gasteiger charge is 2.26. The summed E-state index contributed by atoms with van der Waals surface area (Å²) < 4.78 is 0. The van der Waals surface area contributed by atoms with Crippen molar-refractivity contribution in [3.8, 4) is 0 Å². The van der Waals surface area contributed by atoms with Crippen molar-refractivity contribution in [3.05, 3.63) is 51.7 Å². The molecule has 18 heavy (non-hydrogen) atoms. The second-order valence-electron chi connectivity index (χ2n) is 3.89. The van der Waals surface area contributed by atoms with Crippen molar-refractivity contribution in [2.75, 3.05) is 5.01 Å². The number of carbonyl (C=O) groups is 1. The van der Waals surface area contributed by atoms with Gasteiger partial charge in [0.25, 0.3) is 5.91 Å². The van der Waals surface area contributed by atoms with E-state index in [-0.39, 0.29) is 5.91 Å². The summed E-state index contributed by atoms with van der Waals surface area (Å²) in [5.41, 5.74) is 1.52. The number of rotatable bonds is 2. The third kappa shape index (κ3) is 2.05. The van der Waals surface area contributed by atoms with Crippen LogP contribution in [0.5, 0.6) is 0 Å². The fourth-order valence-electron chi connectivity index (χ4n) is 1.82. The summed E-state index contributed by atoms with van der Waals surface area (Å²) in [5, 5.41) is 8.37. The van der Waals surface area contributed by atoms with Gasteiger partial charge in [-0.1, -0.05) is 23.7 Å². The molecule has 1 amide bonds. The summed E-state index contributed by atoms with van der Waals surface area (Å²) in [7, 11) is 0. The molecule has 2 heterocycles. The van der Waals surface area contributed by atoms with Crippen molar-refractivity contribution in [2.24, 2.45) is 5.10 Å². The number of carbonyl (C=O) groups excluding carboxylic acids is 1. The van der Waals surface area contributed by atoms with Crippen LogP contribution in [-0.2, 0) is 4.79 Å². The highest BCUT2D eigenvalue weighted by molar-refractivity contribution is 7.12. The summed E-state index contributed by atoms with van der Waals surface area (Å²) in [4.78, 5) is 13.0. The van der Waals surface area contributed by atoms with Crippen LogP contribution in [0.3, 0.4) is 0 Å². The molecule has 2 aromatic rings. The molecular weight excluding hydrogens is 268 g/mol. The fraction of sp³-hybridized carbons (Fsp3) is 0.0769. The molecule has 5 heteroatoms. The van der Waals surface area contributed by atoms with Gasteiger partial charge < -0.3 is 0 Å². The third-order valence-corrected chi connectivity index (χ3v) is 3.79. The van der Waals surface area contributed by atoms with Crippen LogP contribution in [0.2, 0.25) is 5.02 Å². The molecule has 0 unspecified atom stereocenters. The first-order chi connectivity index (χ1) is 8.74. The number of hydrogen-bond donors (Lipinski definition) is 0. The van der Waals surface area contributed by atoms with Crippen LogP contribution in [0.4, 0.5) is 5.69 Å². The zero-order valence-electron chi connectivity index (χ0n) is 9.34. The minimum absolute atomic E-state index is 0.0272. The minimum atomic E-state index is -0.0272. The predicted octanol–water partition coefficient (Wildman–Crippen LogP) is 3.54. The summed E-state index contributed by atoms with van der Waals surface area (Å²) in [6.45, 7) is 0. The summed E-state index contributed by atoms with van der Waals surface area (Å²) in [6.07, 6.45) is 0.340. The maximum Gasteiger partial charge on any atom is 0.253 e. The van der Waals surface area contributed by atoms with Gasteiger partial charge in [-0.2, -0.15) is 5.10 Å². The molecule has 3 rings (SSSR count). The first kappa shape index (κ1) is 11.4. The van der Waals surface area contributed by atoms with Crippen molar-refractivity contribution < 1.29 is 4.79 Å². The lowest BCUT2D eigenvalue weighted by Gasteiger charge is -2.11. The van der Waals surface area contributed by atoms with E-state index in [9.17, 15) is 4.79 Å². The van der Waals surface area contributed by atoms with Crippen LogP contribution in [0.15, 0.2) is 46.9 Å². The normalized spacial score (nSPS) is 15.1. The monoisotopic (exact) mass is 276 g/mol. The molecule has 1 aliphatic heterocycles. The van der Waals surface area contributed by atoms with E-state index < -0.39 is 0 Å². The average Bonchev–Trinajstić information content (AvgIpc) is 2.97. The number of amides is 1. The average molecular weight is 277 g/mol. The Morgan fingerprint density at radius 3 is 2.89 bits per heavy atom. The Labute approximate surface area is 113 Å². The second kappa shape index (κ2) is 4.55. The van der Waals surface area contributed by atoms with Gasteiger partial charge in [0.15, 0.2) is 0 Å². The first-order valence-electron chi connectivity index (χ1n) is 5.44. The van der Waals surface area contributed by atoms with E-state index in [0.717, 1.165) is 10.6 Å². The lowest BCUT2D eigenvalue weighted by molar-refractivity contribution is -0.116. The number of benzene rings is 1. The molecule has 0 saturated heterocycles. The Morgan fingerprint density at radius 1 is 1.28 bits per heavy atom. The number of hydrazone groups is 1. The molecular formula is C13H9ClN2OS. The van der Waals surface area contributed by atoms with Gasteiger partial charge in [0.05, 0.1) is 22.7 Å². The molecule has 1 aromatic carbocycles. The first-order valence-corrected chi connectivity index (χ1v) is 6.70. The van der Waals surface area contributed by atoms with Crippen molar-refractivity contribution in [1.29, 1.82) is 0 Å². The molecule has 1 aromatic heterocycles. The Kier molecular flexibility index (Phi) is 2.89. The molecule has 0 aliphatic carbocycles. The lowest BCUT2D eigenvalue weighted by atomic mass is 10.2. The molecule has 3 nitrogen and oxygen atoms in total. The maximum absolute atomic E-state index is 12.0. The maximum atomic E-state index is 12.0. The van der Waals surface area contributed by atoms with Crippen LogP contribution in [0.1, 0.15) is 11.3 Å². The van der Waals surface area contributed by atoms with Gasteiger partial charge >= 0.3 is 0 Å². The molecule has 0 bridgehead atoms. The summed E-state index contributed by atoms with van der Waals surface area (Å²) >= 11 is 7.51. The Bertz CT molecular complexity index is 622. The van der Waals surface area contributed by atoms with Gasteiger partial charge in [0.1, 0.15) is 0 Å². The zero-order chi connectivity index (χ0) is 12.5. The quantitative estimate of drug-likeness (QED) is 0.826. The van der Waals surface area contributed by atoms with Crippen molar-refractivity contribution in [2.45, 2.75) is 6.42 Å². The summed E-state index contributed by atoms with van der Waals surface area (Å²) in [6, 6.07) is 11.1.